The zero-order valence-corrected chi connectivity index (χ0v) is 13.3. The van der Waals surface area contributed by atoms with Gasteiger partial charge in [-0.1, -0.05) is 39.0 Å². The lowest BCUT2D eigenvalue weighted by Gasteiger charge is -2.37. The third-order valence-electron chi connectivity index (χ3n) is 3.75. The van der Waals surface area contributed by atoms with Crippen molar-refractivity contribution in [3.8, 4) is 5.75 Å². The van der Waals surface area contributed by atoms with E-state index in [0.717, 1.165) is 18.6 Å². The van der Waals surface area contributed by atoms with Crippen LogP contribution in [0.5, 0.6) is 5.75 Å². The number of aliphatic hydroxyl groups is 1. The van der Waals surface area contributed by atoms with E-state index in [1.165, 1.54) is 5.56 Å². The number of benzene rings is 1. The summed E-state index contributed by atoms with van der Waals surface area (Å²) in [5, 5.41) is 9.15. The Hall–Kier alpha value is -0.803. The SMILES string of the molecule is CC(C)(C)[Si](C)(C)Oc1ccccc1CCCO. The maximum Gasteiger partial charge on any atom is 0.250 e. The fourth-order valence-electron chi connectivity index (χ4n) is 1.51. The molecule has 0 aliphatic carbocycles. The Bertz CT molecular complexity index is 380. The molecule has 3 heteroatoms. The summed E-state index contributed by atoms with van der Waals surface area (Å²) in [6, 6.07) is 8.20. The van der Waals surface area contributed by atoms with Crippen molar-refractivity contribution in [3.63, 3.8) is 0 Å². The maximum absolute atomic E-state index is 8.95. The summed E-state index contributed by atoms with van der Waals surface area (Å²) < 4.78 is 6.35. The van der Waals surface area contributed by atoms with Gasteiger partial charge in [0, 0.05) is 6.61 Å². The van der Waals surface area contributed by atoms with Gasteiger partial charge in [0.25, 0.3) is 0 Å². The first kappa shape index (κ1) is 15.3. The zero-order chi connectivity index (χ0) is 13.8. The molecule has 0 radical (unpaired) electrons. The summed E-state index contributed by atoms with van der Waals surface area (Å²) in [6.45, 7) is 11.5. The molecule has 0 heterocycles. The Kier molecular flexibility index (Phi) is 4.99. The second-order valence-electron chi connectivity index (χ2n) is 6.30. The van der Waals surface area contributed by atoms with Gasteiger partial charge in [0.2, 0.25) is 8.32 Å². The molecule has 0 aliphatic rings. The Morgan fingerprint density at radius 1 is 1.17 bits per heavy atom. The Morgan fingerprint density at radius 2 is 1.78 bits per heavy atom. The van der Waals surface area contributed by atoms with E-state index in [9.17, 15) is 0 Å². The molecule has 1 aromatic carbocycles. The van der Waals surface area contributed by atoms with E-state index in [0.29, 0.717) is 0 Å². The summed E-state index contributed by atoms with van der Waals surface area (Å²) >= 11 is 0. The van der Waals surface area contributed by atoms with Crippen LogP contribution in [0.25, 0.3) is 0 Å². The van der Waals surface area contributed by atoms with Crippen LogP contribution >= 0.6 is 0 Å². The van der Waals surface area contributed by atoms with Crippen LogP contribution in [0.15, 0.2) is 24.3 Å². The van der Waals surface area contributed by atoms with Gasteiger partial charge in [0.05, 0.1) is 0 Å². The van der Waals surface area contributed by atoms with Gasteiger partial charge >= 0.3 is 0 Å². The van der Waals surface area contributed by atoms with Gasteiger partial charge in [-0.25, -0.2) is 0 Å². The Labute approximate surface area is 112 Å². The van der Waals surface area contributed by atoms with E-state index in [1.807, 2.05) is 18.2 Å². The van der Waals surface area contributed by atoms with Crippen molar-refractivity contribution >= 4 is 8.32 Å². The van der Waals surface area contributed by atoms with Gasteiger partial charge in [-0.2, -0.15) is 0 Å². The van der Waals surface area contributed by atoms with E-state index in [1.54, 1.807) is 0 Å². The van der Waals surface area contributed by atoms with E-state index >= 15 is 0 Å². The number of hydrogen-bond acceptors (Lipinski definition) is 2. The standard InChI is InChI=1S/C15H26O2Si/c1-15(2,3)18(4,5)17-14-11-7-6-9-13(14)10-8-12-16/h6-7,9,11,16H,8,10,12H2,1-5H3. The monoisotopic (exact) mass is 266 g/mol. The molecular weight excluding hydrogens is 240 g/mol. The fourth-order valence-corrected chi connectivity index (χ4v) is 2.56. The molecule has 1 rings (SSSR count). The average molecular weight is 266 g/mol. The lowest BCUT2D eigenvalue weighted by Crippen LogP contribution is -2.44. The Morgan fingerprint density at radius 3 is 2.33 bits per heavy atom. The molecule has 0 saturated carbocycles. The van der Waals surface area contributed by atoms with Crippen LogP contribution < -0.4 is 4.43 Å². The molecule has 2 nitrogen and oxygen atoms in total. The fraction of sp³-hybridized carbons (Fsp3) is 0.600. The summed E-state index contributed by atoms with van der Waals surface area (Å²) in [4.78, 5) is 0. The molecular formula is C15H26O2Si. The minimum absolute atomic E-state index is 0.205. The van der Waals surface area contributed by atoms with Crippen molar-refractivity contribution < 1.29 is 9.53 Å². The van der Waals surface area contributed by atoms with Crippen molar-refractivity contribution in [2.75, 3.05) is 6.61 Å². The van der Waals surface area contributed by atoms with Gasteiger partial charge in [0.1, 0.15) is 5.75 Å². The Balaban J connectivity index is 2.90. The molecule has 1 aromatic rings. The average Bonchev–Trinajstić information content (AvgIpc) is 2.26. The lowest BCUT2D eigenvalue weighted by molar-refractivity contribution is 0.288. The molecule has 18 heavy (non-hydrogen) atoms. The topological polar surface area (TPSA) is 29.5 Å². The zero-order valence-electron chi connectivity index (χ0n) is 12.3. The summed E-state index contributed by atoms with van der Waals surface area (Å²) in [5.74, 6) is 0.998. The highest BCUT2D eigenvalue weighted by Crippen LogP contribution is 2.38. The highest BCUT2D eigenvalue weighted by molar-refractivity contribution is 6.74. The van der Waals surface area contributed by atoms with Crippen LogP contribution in [0, 0.1) is 0 Å². The predicted octanol–water partition coefficient (Wildman–Crippen LogP) is 4.00. The third-order valence-corrected chi connectivity index (χ3v) is 8.09. The molecule has 1 N–H and O–H groups in total. The minimum Gasteiger partial charge on any atom is -0.543 e. The van der Waals surface area contributed by atoms with E-state index in [2.05, 4.69) is 39.9 Å². The highest BCUT2D eigenvalue weighted by Gasteiger charge is 2.39. The predicted molar refractivity (Wildman–Crippen MR) is 79.7 cm³/mol. The molecule has 0 spiro atoms. The summed E-state index contributed by atoms with van der Waals surface area (Å²) in [7, 11) is -1.78. The number of para-hydroxylation sites is 1. The molecule has 0 saturated heterocycles. The minimum atomic E-state index is -1.78. The van der Waals surface area contributed by atoms with Gasteiger partial charge in [0.15, 0.2) is 0 Å². The first-order chi connectivity index (χ1) is 8.28. The molecule has 0 atom stereocenters. The number of aliphatic hydroxyl groups excluding tert-OH is 1. The van der Waals surface area contributed by atoms with Gasteiger partial charge in [-0.15, -0.1) is 0 Å². The molecule has 0 bridgehead atoms. The number of aryl methyl sites for hydroxylation is 1. The van der Waals surface area contributed by atoms with Crippen molar-refractivity contribution in [1.29, 1.82) is 0 Å². The van der Waals surface area contributed by atoms with Gasteiger partial charge in [-0.3, -0.25) is 0 Å². The van der Waals surface area contributed by atoms with Crippen molar-refractivity contribution in [2.45, 2.75) is 51.7 Å². The highest BCUT2D eigenvalue weighted by atomic mass is 28.4. The number of hydrogen-bond donors (Lipinski definition) is 1. The van der Waals surface area contributed by atoms with E-state index in [4.69, 9.17) is 9.53 Å². The second kappa shape index (κ2) is 5.89. The molecule has 0 fully saturated rings. The second-order valence-corrected chi connectivity index (χ2v) is 11.0. The third kappa shape index (κ3) is 3.85. The summed E-state index contributed by atoms with van der Waals surface area (Å²) in [5.41, 5.74) is 1.20. The first-order valence-corrected chi connectivity index (χ1v) is 9.56. The lowest BCUT2D eigenvalue weighted by atomic mass is 10.1. The van der Waals surface area contributed by atoms with Crippen LogP contribution in [0.4, 0.5) is 0 Å². The molecule has 0 aliphatic heterocycles. The maximum atomic E-state index is 8.95. The van der Waals surface area contributed by atoms with Crippen molar-refractivity contribution in [3.05, 3.63) is 29.8 Å². The molecule has 102 valence electrons. The van der Waals surface area contributed by atoms with E-state index < -0.39 is 8.32 Å². The first-order valence-electron chi connectivity index (χ1n) is 6.66. The van der Waals surface area contributed by atoms with Crippen LogP contribution in [0.1, 0.15) is 32.8 Å². The summed E-state index contributed by atoms with van der Waals surface area (Å²) in [6.07, 6.45) is 1.67. The quantitative estimate of drug-likeness (QED) is 0.816. The molecule has 0 unspecified atom stereocenters. The van der Waals surface area contributed by atoms with Crippen LogP contribution in [0.2, 0.25) is 18.1 Å². The van der Waals surface area contributed by atoms with Crippen molar-refractivity contribution in [2.24, 2.45) is 0 Å². The van der Waals surface area contributed by atoms with Gasteiger partial charge < -0.3 is 9.53 Å². The smallest absolute Gasteiger partial charge is 0.250 e. The normalized spacial score (nSPS) is 12.6. The van der Waals surface area contributed by atoms with E-state index in [-0.39, 0.29) is 11.6 Å². The number of rotatable bonds is 5. The van der Waals surface area contributed by atoms with Crippen LogP contribution in [-0.4, -0.2) is 20.0 Å². The molecule has 0 aromatic heterocycles. The van der Waals surface area contributed by atoms with Gasteiger partial charge in [-0.05, 0) is 42.6 Å². The molecule has 0 amide bonds. The van der Waals surface area contributed by atoms with Crippen LogP contribution in [0.3, 0.4) is 0 Å². The van der Waals surface area contributed by atoms with Crippen molar-refractivity contribution in [1.82, 2.24) is 0 Å². The van der Waals surface area contributed by atoms with Crippen LogP contribution in [-0.2, 0) is 6.42 Å². The largest absolute Gasteiger partial charge is 0.543 e.